The fourth-order valence-corrected chi connectivity index (χ4v) is 5.57. The summed E-state index contributed by atoms with van der Waals surface area (Å²) in [6, 6.07) is 31.9. The second-order valence-electron chi connectivity index (χ2n) is 9.63. The number of aromatic nitrogens is 2. The number of aliphatic hydroxyl groups is 1. The van der Waals surface area contributed by atoms with Crippen molar-refractivity contribution in [1.82, 2.24) is 9.55 Å². The number of allylic oxidation sites excluding steroid dienone is 1. The van der Waals surface area contributed by atoms with E-state index in [0.29, 0.717) is 12.4 Å². The number of hydrogen-bond acceptors (Lipinski definition) is 3. The quantitative estimate of drug-likeness (QED) is 0.294. The van der Waals surface area contributed by atoms with Crippen molar-refractivity contribution in [2.24, 2.45) is 0 Å². The van der Waals surface area contributed by atoms with Gasteiger partial charge in [-0.25, -0.2) is 4.98 Å². The molecule has 1 N–H and O–H groups in total. The first-order valence-corrected chi connectivity index (χ1v) is 12.6. The molecule has 4 heteroatoms. The molecule has 6 rings (SSSR count). The first-order chi connectivity index (χ1) is 18.2. The highest BCUT2D eigenvalue weighted by molar-refractivity contribution is 5.87. The van der Waals surface area contributed by atoms with Crippen LogP contribution in [0.2, 0.25) is 0 Å². The van der Waals surface area contributed by atoms with Gasteiger partial charge in [0.25, 0.3) is 0 Å². The largest absolute Gasteiger partial charge is 0.388 e. The van der Waals surface area contributed by atoms with Gasteiger partial charge >= 0.3 is 0 Å². The minimum Gasteiger partial charge on any atom is -0.388 e. The third kappa shape index (κ3) is 4.14. The van der Waals surface area contributed by atoms with Gasteiger partial charge in [-0.15, -0.1) is 0 Å². The molecular weight excluding hydrogens is 454 g/mol. The summed E-state index contributed by atoms with van der Waals surface area (Å²) in [5.41, 5.74) is 12.3. The average Bonchev–Trinajstić information content (AvgIpc) is 3.21. The van der Waals surface area contributed by atoms with Crippen LogP contribution in [0, 0.1) is 18.3 Å². The van der Waals surface area contributed by atoms with Crippen LogP contribution in [0.5, 0.6) is 0 Å². The van der Waals surface area contributed by atoms with E-state index in [0.717, 1.165) is 62.8 Å². The van der Waals surface area contributed by atoms with Crippen LogP contribution in [-0.2, 0) is 26.0 Å². The number of aliphatic hydroxyl groups excluding tert-OH is 1. The molecule has 180 valence electrons. The van der Waals surface area contributed by atoms with Crippen LogP contribution in [0.3, 0.4) is 0 Å². The van der Waals surface area contributed by atoms with E-state index < -0.39 is 0 Å². The monoisotopic (exact) mass is 481 g/mol. The number of hydrogen-bond donors (Lipinski definition) is 1. The SMILES string of the molecule is Cc1cc(-c2ccccc2)cc2c1nc(CO)n2Cc1ccc2c(c1)CCc1ccccc1/C2=C\C#N. The minimum atomic E-state index is -0.121. The number of aryl methyl sites for hydroxylation is 3. The van der Waals surface area contributed by atoms with Crippen LogP contribution in [-0.4, -0.2) is 14.7 Å². The van der Waals surface area contributed by atoms with Crippen molar-refractivity contribution in [3.63, 3.8) is 0 Å². The zero-order valence-corrected chi connectivity index (χ0v) is 20.8. The predicted molar refractivity (Wildman–Crippen MR) is 148 cm³/mol. The Hall–Kier alpha value is -4.46. The Kier molecular flexibility index (Phi) is 5.92. The van der Waals surface area contributed by atoms with E-state index >= 15 is 0 Å². The smallest absolute Gasteiger partial charge is 0.136 e. The summed E-state index contributed by atoms with van der Waals surface area (Å²) in [6.45, 7) is 2.57. The molecule has 0 amide bonds. The van der Waals surface area contributed by atoms with Crippen molar-refractivity contribution in [3.8, 4) is 17.2 Å². The molecule has 5 aromatic rings. The molecule has 37 heavy (non-hydrogen) atoms. The molecule has 0 aliphatic heterocycles. The highest BCUT2D eigenvalue weighted by Crippen LogP contribution is 2.35. The number of benzene rings is 4. The van der Waals surface area contributed by atoms with Crippen molar-refractivity contribution in [3.05, 3.63) is 130 Å². The van der Waals surface area contributed by atoms with Crippen molar-refractivity contribution in [2.75, 3.05) is 0 Å². The van der Waals surface area contributed by atoms with Crippen LogP contribution >= 0.6 is 0 Å². The molecule has 0 bridgehead atoms. The number of nitrogens with zero attached hydrogens (tertiary/aromatic N) is 3. The number of rotatable bonds is 4. The van der Waals surface area contributed by atoms with Crippen molar-refractivity contribution in [1.29, 1.82) is 5.26 Å². The summed E-state index contributed by atoms with van der Waals surface area (Å²) in [5, 5.41) is 19.7. The molecule has 1 heterocycles. The lowest BCUT2D eigenvalue weighted by Gasteiger charge is -2.14. The van der Waals surface area contributed by atoms with Gasteiger partial charge in [0, 0.05) is 12.6 Å². The van der Waals surface area contributed by atoms with E-state index in [1.807, 2.05) is 24.3 Å². The molecule has 1 aliphatic rings. The number of nitriles is 1. The van der Waals surface area contributed by atoms with E-state index in [4.69, 9.17) is 4.98 Å². The maximum absolute atomic E-state index is 10.2. The van der Waals surface area contributed by atoms with E-state index in [1.165, 1.54) is 11.1 Å². The lowest BCUT2D eigenvalue weighted by atomic mass is 9.93. The van der Waals surface area contributed by atoms with Crippen molar-refractivity contribution < 1.29 is 5.11 Å². The summed E-state index contributed by atoms with van der Waals surface area (Å²) >= 11 is 0. The van der Waals surface area contributed by atoms with Crippen LogP contribution in [0.25, 0.3) is 27.7 Å². The zero-order valence-electron chi connectivity index (χ0n) is 20.8. The molecule has 0 radical (unpaired) electrons. The lowest BCUT2D eigenvalue weighted by Crippen LogP contribution is -2.06. The van der Waals surface area contributed by atoms with Gasteiger partial charge in [-0.1, -0.05) is 72.8 Å². The first-order valence-electron chi connectivity index (χ1n) is 12.6. The molecule has 0 unspecified atom stereocenters. The molecule has 0 saturated heterocycles. The molecule has 4 nitrogen and oxygen atoms in total. The summed E-state index contributed by atoms with van der Waals surface area (Å²) < 4.78 is 2.13. The normalized spacial score (nSPS) is 13.7. The van der Waals surface area contributed by atoms with Crippen LogP contribution in [0.15, 0.2) is 91.0 Å². The molecule has 0 fully saturated rings. The van der Waals surface area contributed by atoms with E-state index in [1.54, 1.807) is 6.08 Å². The molecule has 0 atom stereocenters. The van der Waals surface area contributed by atoms with Crippen LogP contribution < -0.4 is 0 Å². The third-order valence-corrected chi connectivity index (χ3v) is 7.35. The molecule has 4 aromatic carbocycles. The molecule has 0 spiro atoms. The van der Waals surface area contributed by atoms with Gasteiger partial charge in [-0.05, 0) is 82.0 Å². The topological polar surface area (TPSA) is 61.8 Å². The maximum Gasteiger partial charge on any atom is 0.136 e. The van der Waals surface area contributed by atoms with E-state index in [9.17, 15) is 10.4 Å². The van der Waals surface area contributed by atoms with Crippen molar-refractivity contribution in [2.45, 2.75) is 32.9 Å². The Balaban J connectivity index is 1.44. The molecular formula is C33H27N3O. The van der Waals surface area contributed by atoms with Crippen LogP contribution in [0.1, 0.15) is 39.2 Å². The second kappa shape index (κ2) is 9.54. The van der Waals surface area contributed by atoms with Gasteiger partial charge in [-0.3, -0.25) is 0 Å². The van der Waals surface area contributed by atoms with Gasteiger partial charge in [0.05, 0.1) is 17.1 Å². The Morgan fingerprint density at radius 2 is 1.65 bits per heavy atom. The second-order valence-corrected chi connectivity index (χ2v) is 9.63. The number of imidazole rings is 1. The Bertz CT molecular complexity index is 1700. The predicted octanol–water partition coefficient (Wildman–Crippen LogP) is 6.61. The Labute approximate surface area is 216 Å². The summed E-state index contributed by atoms with van der Waals surface area (Å²) in [5.74, 6) is 0.663. The standard InChI is InChI=1S/C33H27N3O/c1-22-17-27(24-7-3-2-4-8-24)19-31-33(22)35-32(21-37)36(31)20-23-11-14-29-26(18-23)13-12-25-9-5-6-10-28(25)30(29)15-16-34/h2-11,14-15,17-19,37H,12-13,20-21H2,1H3/b30-15+. The molecule has 0 saturated carbocycles. The Morgan fingerprint density at radius 1 is 0.892 bits per heavy atom. The molecule has 1 aromatic heterocycles. The van der Waals surface area contributed by atoms with Gasteiger partial charge in [-0.2, -0.15) is 5.26 Å². The van der Waals surface area contributed by atoms with Gasteiger partial charge in [0.15, 0.2) is 0 Å². The minimum absolute atomic E-state index is 0.121. The zero-order chi connectivity index (χ0) is 25.4. The Morgan fingerprint density at radius 3 is 2.46 bits per heavy atom. The van der Waals surface area contributed by atoms with E-state index in [-0.39, 0.29) is 6.61 Å². The molecule has 1 aliphatic carbocycles. The fourth-order valence-electron chi connectivity index (χ4n) is 5.57. The van der Waals surface area contributed by atoms with Gasteiger partial charge in [0.2, 0.25) is 0 Å². The third-order valence-electron chi connectivity index (χ3n) is 7.35. The van der Waals surface area contributed by atoms with Crippen molar-refractivity contribution >= 4 is 16.6 Å². The first kappa shape index (κ1) is 23.0. The fraction of sp³-hybridized carbons (Fsp3) is 0.152. The summed E-state index contributed by atoms with van der Waals surface area (Å²) in [7, 11) is 0. The summed E-state index contributed by atoms with van der Waals surface area (Å²) in [6.07, 6.45) is 3.52. The number of fused-ring (bicyclic) bond motifs is 3. The lowest BCUT2D eigenvalue weighted by molar-refractivity contribution is 0.267. The summed E-state index contributed by atoms with van der Waals surface area (Å²) in [4.78, 5) is 4.80. The van der Waals surface area contributed by atoms with Crippen LogP contribution in [0.4, 0.5) is 0 Å². The van der Waals surface area contributed by atoms with Gasteiger partial charge in [0.1, 0.15) is 12.4 Å². The maximum atomic E-state index is 10.2. The average molecular weight is 482 g/mol. The highest BCUT2D eigenvalue weighted by atomic mass is 16.3. The van der Waals surface area contributed by atoms with E-state index in [2.05, 4.69) is 78.2 Å². The van der Waals surface area contributed by atoms with Gasteiger partial charge < -0.3 is 9.67 Å². The highest BCUT2D eigenvalue weighted by Gasteiger charge is 2.19.